The van der Waals surface area contributed by atoms with Crippen molar-refractivity contribution in [1.82, 2.24) is 9.55 Å². The van der Waals surface area contributed by atoms with Crippen molar-refractivity contribution in [2.75, 3.05) is 5.32 Å². The van der Waals surface area contributed by atoms with E-state index in [-0.39, 0.29) is 0 Å². The molecule has 8 aromatic carbocycles. The van der Waals surface area contributed by atoms with Gasteiger partial charge >= 0.3 is 0 Å². The normalized spacial score (nSPS) is 12.2. The molecule has 6 heteroatoms. The SMILES string of the molecule is CCCCCc1ccc(Nc2ccccc2-c2cc(-c3ccc4sc5ccccc5c4c3)c3c4ccccc4n4c3c2Bc2cc3nc(-c5ccccc5)oc3cc2-4)cc1. The van der Waals surface area contributed by atoms with Crippen LogP contribution >= 0.6 is 11.3 Å². The summed E-state index contributed by atoms with van der Waals surface area (Å²) < 4.78 is 11.6. The third-order valence-electron chi connectivity index (χ3n) is 12.5. The number of nitrogens with one attached hydrogen (secondary N) is 1. The van der Waals surface area contributed by atoms with Crippen molar-refractivity contribution < 1.29 is 4.42 Å². The van der Waals surface area contributed by atoms with Gasteiger partial charge in [0.25, 0.3) is 0 Å². The molecule has 286 valence electrons. The third-order valence-corrected chi connectivity index (χ3v) is 13.6. The maximum atomic E-state index is 6.52. The van der Waals surface area contributed by atoms with Crippen molar-refractivity contribution in [3.63, 3.8) is 0 Å². The van der Waals surface area contributed by atoms with E-state index in [4.69, 9.17) is 9.40 Å². The van der Waals surface area contributed by atoms with Crippen molar-refractivity contribution in [1.29, 1.82) is 0 Å². The Morgan fingerprint density at radius 3 is 2.32 bits per heavy atom. The fourth-order valence-corrected chi connectivity index (χ4v) is 10.7. The number of hydrogen-bond acceptors (Lipinski definition) is 4. The largest absolute Gasteiger partial charge is 0.436 e. The number of nitrogens with zero attached hydrogens (tertiary/aromatic N) is 2. The van der Waals surface area contributed by atoms with Gasteiger partial charge in [0.05, 0.1) is 5.52 Å². The summed E-state index contributed by atoms with van der Waals surface area (Å²) in [6.45, 7) is 2.26. The van der Waals surface area contributed by atoms with Crippen molar-refractivity contribution in [3.8, 4) is 39.4 Å². The van der Waals surface area contributed by atoms with Gasteiger partial charge in [0.2, 0.25) is 5.89 Å². The van der Waals surface area contributed by atoms with E-state index in [2.05, 4.69) is 162 Å². The number of thiophene rings is 1. The molecule has 0 saturated carbocycles. The molecule has 12 rings (SSSR count). The lowest BCUT2D eigenvalue weighted by Crippen LogP contribution is -2.37. The second-order valence-corrected chi connectivity index (χ2v) is 17.3. The van der Waals surface area contributed by atoms with Gasteiger partial charge in [-0.15, -0.1) is 11.3 Å². The van der Waals surface area contributed by atoms with Crippen LogP contribution in [0.5, 0.6) is 0 Å². The molecule has 60 heavy (non-hydrogen) atoms. The van der Waals surface area contributed by atoms with Gasteiger partial charge in [-0.2, -0.15) is 0 Å². The predicted molar refractivity (Wildman–Crippen MR) is 257 cm³/mol. The minimum atomic E-state index is 0.640. The van der Waals surface area contributed by atoms with Crippen LogP contribution in [-0.4, -0.2) is 16.8 Å². The summed E-state index contributed by atoms with van der Waals surface area (Å²) in [5, 5.41) is 8.99. The first-order chi connectivity index (χ1) is 29.7. The molecule has 4 heterocycles. The number of benzene rings is 8. The Bertz CT molecular complexity index is 3450. The Balaban J connectivity index is 1.11. The van der Waals surface area contributed by atoms with Crippen molar-refractivity contribution in [2.45, 2.75) is 32.6 Å². The van der Waals surface area contributed by atoms with E-state index in [9.17, 15) is 0 Å². The molecule has 0 bridgehead atoms. The minimum Gasteiger partial charge on any atom is -0.436 e. The number of aryl methyl sites for hydroxylation is 1. The highest BCUT2D eigenvalue weighted by Crippen LogP contribution is 2.45. The number of unbranched alkanes of at least 4 members (excludes halogenated alkanes) is 2. The molecule has 0 saturated heterocycles. The Morgan fingerprint density at radius 1 is 0.650 bits per heavy atom. The van der Waals surface area contributed by atoms with E-state index < -0.39 is 0 Å². The summed E-state index contributed by atoms with van der Waals surface area (Å²) in [6.07, 6.45) is 4.85. The van der Waals surface area contributed by atoms with Crippen LogP contribution in [0.2, 0.25) is 0 Å². The van der Waals surface area contributed by atoms with E-state index in [1.807, 2.05) is 29.5 Å². The fourth-order valence-electron chi connectivity index (χ4n) is 9.59. The molecular weight excluding hydrogens is 749 g/mol. The Labute approximate surface area is 353 Å². The summed E-state index contributed by atoms with van der Waals surface area (Å²) >= 11 is 1.87. The van der Waals surface area contributed by atoms with E-state index in [1.165, 1.54) is 100.0 Å². The number of hydrogen-bond donors (Lipinski definition) is 1. The van der Waals surface area contributed by atoms with E-state index in [1.54, 1.807) is 0 Å². The number of rotatable bonds is 9. The summed E-state index contributed by atoms with van der Waals surface area (Å²) in [5.74, 6) is 0.640. The smallest absolute Gasteiger partial charge is 0.227 e. The van der Waals surface area contributed by atoms with Crippen LogP contribution in [-0.2, 0) is 6.42 Å². The second-order valence-electron chi connectivity index (χ2n) is 16.2. The van der Waals surface area contributed by atoms with Gasteiger partial charge in [0, 0.05) is 70.7 Å². The highest BCUT2D eigenvalue weighted by molar-refractivity contribution is 7.25. The topological polar surface area (TPSA) is 43.0 Å². The number of aromatic nitrogens is 2. The number of fused-ring (bicyclic) bond motifs is 9. The number of para-hydroxylation sites is 2. The second kappa shape index (κ2) is 14.1. The summed E-state index contributed by atoms with van der Waals surface area (Å²) in [4.78, 5) is 5.03. The zero-order valence-electron chi connectivity index (χ0n) is 33.3. The first-order valence-corrected chi connectivity index (χ1v) is 22.0. The average Bonchev–Trinajstić information content (AvgIpc) is 3.99. The lowest BCUT2D eigenvalue weighted by Gasteiger charge is -2.25. The highest BCUT2D eigenvalue weighted by Gasteiger charge is 2.30. The Morgan fingerprint density at radius 2 is 1.43 bits per heavy atom. The minimum absolute atomic E-state index is 0.640. The first kappa shape index (κ1) is 35.1. The van der Waals surface area contributed by atoms with Crippen LogP contribution < -0.4 is 16.2 Å². The molecule has 1 N–H and O–H groups in total. The standard InChI is InChI=1S/C54H40BN3OS/c1-2-3-5-14-33-23-26-36(27-24-33)56-44-20-11-8-17-37(44)42-30-40(35-25-28-50-41(29-35)38-18-10-13-22-49(38)60-50)51-39-19-9-12-21-46(39)58-47-32-48-45(31-43(47)55-52(42)53(51)58)57-54(59-48)34-15-6-4-7-16-34/h4,6-13,15-32,55-56H,2-3,5,14H2,1H3. The van der Waals surface area contributed by atoms with Crippen LogP contribution in [0.15, 0.2) is 168 Å². The predicted octanol–water partition coefficient (Wildman–Crippen LogP) is 13.5. The molecule has 0 amide bonds. The van der Waals surface area contributed by atoms with Gasteiger partial charge in [0.15, 0.2) is 12.9 Å². The zero-order valence-corrected chi connectivity index (χ0v) is 34.2. The maximum absolute atomic E-state index is 6.52. The van der Waals surface area contributed by atoms with Crippen molar-refractivity contribution in [3.05, 3.63) is 169 Å². The molecule has 0 aliphatic carbocycles. The Hall–Kier alpha value is -6.89. The van der Waals surface area contributed by atoms with Crippen LogP contribution in [0.25, 0.3) is 92.5 Å². The molecule has 0 radical (unpaired) electrons. The summed E-state index contributed by atoms with van der Waals surface area (Å²) in [5.41, 5.74) is 17.2. The first-order valence-electron chi connectivity index (χ1n) is 21.1. The summed E-state index contributed by atoms with van der Waals surface area (Å²) in [6, 6.07) is 59.8. The third kappa shape index (κ3) is 5.70. The molecule has 0 spiro atoms. The van der Waals surface area contributed by atoms with E-state index >= 15 is 0 Å². The molecule has 1 aliphatic rings. The van der Waals surface area contributed by atoms with Crippen LogP contribution in [0.1, 0.15) is 31.7 Å². The molecule has 4 nitrogen and oxygen atoms in total. The molecule has 1 aliphatic heterocycles. The van der Waals surface area contributed by atoms with Crippen LogP contribution in [0.3, 0.4) is 0 Å². The molecule has 0 fully saturated rings. The number of anilines is 2. The monoisotopic (exact) mass is 789 g/mol. The van der Waals surface area contributed by atoms with E-state index in [0.29, 0.717) is 5.89 Å². The van der Waals surface area contributed by atoms with Gasteiger partial charge in [0.1, 0.15) is 5.52 Å². The van der Waals surface area contributed by atoms with E-state index in [0.717, 1.165) is 47.4 Å². The van der Waals surface area contributed by atoms with Gasteiger partial charge in [-0.3, -0.25) is 0 Å². The van der Waals surface area contributed by atoms with Gasteiger partial charge < -0.3 is 14.3 Å². The van der Waals surface area contributed by atoms with Crippen LogP contribution in [0.4, 0.5) is 11.4 Å². The molecule has 0 atom stereocenters. The highest BCUT2D eigenvalue weighted by atomic mass is 32.1. The van der Waals surface area contributed by atoms with Crippen molar-refractivity contribution in [2.24, 2.45) is 0 Å². The lowest BCUT2D eigenvalue weighted by atomic mass is 9.58. The van der Waals surface area contributed by atoms with Gasteiger partial charge in [-0.05, 0) is 107 Å². The lowest BCUT2D eigenvalue weighted by molar-refractivity contribution is 0.619. The molecule has 11 aromatic rings. The molecule has 3 aromatic heterocycles. The maximum Gasteiger partial charge on any atom is 0.227 e. The average molecular weight is 790 g/mol. The molecule has 0 unspecified atom stereocenters. The zero-order chi connectivity index (χ0) is 39.7. The summed E-state index contributed by atoms with van der Waals surface area (Å²) in [7, 11) is 0.760. The Kier molecular flexibility index (Phi) is 8.27. The van der Waals surface area contributed by atoms with Gasteiger partial charge in [-0.1, -0.05) is 116 Å². The van der Waals surface area contributed by atoms with Crippen molar-refractivity contribution >= 4 is 94.0 Å². The van der Waals surface area contributed by atoms with Crippen LogP contribution in [0, 0.1) is 0 Å². The number of oxazole rings is 1. The van der Waals surface area contributed by atoms with Gasteiger partial charge in [-0.25, -0.2) is 4.98 Å². The quantitative estimate of drug-likeness (QED) is 0.117. The fraction of sp³-hybridized carbons (Fsp3) is 0.0926. The molecular formula is C54H40BN3OS.